The third-order valence-electron chi connectivity index (χ3n) is 3.84. The van der Waals surface area contributed by atoms with E-state index in [0.717, 1.165) is 12.8 Å². The Kier molecular flexibility index (Phi) is 6.03. The second kappa shape index (κ2) is 7.29. The average Bonchev–Trinajstić information content (AvgIpc) is 2.36. The van der Waals surface area contributed by atoms with E-state index in [2.05, 4.69) is 39.0 Å². The molecule has 3 N–H and O–H groups in total. The molecular weight excluding hydrogens is 238 g/mol. The molecule has 1 aromatic carbocycles. The molecule has 0 aromatic heterocycles. The monoisotopic (exact) mass is 263 g/mol. The molecule has 0 saturated carbocycles. The second-order valence-corrected chi connectivity index (χ2v) is 5.41. The maximum absolute atomic E-state index is 11.1. The number of hydrogen-bond donors (Lipinski definition) is 2. The Hall–Kier alpha value is -1.35. The Morgan fingerprint density at radius 3 is 2.53 bits per heavy atom. The normalized spacial score (nSPS) is 14.1. The van der Waals surface area contributed by atoms with E-state index in [4.69, 9.17) is 10.8 Å². The SMILES string of the molecule is CCC(Cc1ccc(C)cc1C)CC(CN)C(=O)O. The van der Waals surface area contributed by atoms with Gasteiger partial charge in [-0.05, 0) is 43.7 Å². The molecule has 0 aliphatic carbocycles. The molecule has 2 unspecified atom stereocenters. The predicted molar refractivity (Wildman–Crippen MR) is 78.2 cm³/mol. The van der Waals surface area contributed by atoms with Gasteiger partial charge in [-0.25, -0.2) is 0 Å². The summed E-state index contributed by atoms with van der Waals surface area (Å²) in [6.45, 7) is 6.54. The summed E-state index contributed by atoms with van der Waals surface area (Å²) in [5.41, 5.74) is 9.41. The Bertz CT molecular complexity index is 429. The first-order valence-corrected chi connectivity index (χ1v) is 6.96. The molecule has 0 aliphatic rings. The van der Waals surface area contributed by atoms with Crippen LogP contribution in [0.5, 0.6) is 0 Å². The summed E-state index contributed by atoms with van der Waals surface area (Å²) in [6.07, 6.45) is 2.58. The molecule has 1 rings (SSSR count). The van der Waals surface area contributed by atoms with E-state index in [9.17, 15) is 4.79 Å². The van der Waals surface area contributed by atoms with Crippen LogP contribution in [0.4, 0.5) is 0 Å². The number of benzene rings is 1. The van der Waals surface area contributed by atoms with Gasteiger partial charge in [0.15, 0.2) is 0 Å². The van der Waals surface area contributed by atoms with Gasteiger partial charge in [-0.1, -0.05) is 37.1 Å². The van der Waals surface area contributed by atoms with E-state index >= 15 is 0 Å². The van der Waals surface area contributed by atoms with Gasteiger partial charge in [-0.3, -0.25) is 4.79 Å². The number of carboxylic acids is 1. The fourth-order valence-electron chi connectivity index (χ4n) is 2.48. The van der Waals surface area contributed by atoms with Gasteiger partial charge in [-0.2, -0.15) is 0 Å². The lowest BCUT2D eigenvalue weighted by molar-refractivity contribution is -0.142. The predicted octanol–water partition coefficient (Wildman–Crippen LogP) is 2.92. The molecule has 0 amide bonds. The zero-order valence-corrected chi connectivity index (χ0v) is 12.1. The first-order valence-electron chi connectivity index (χ1n) is 6.96. The highest BCUT2D eigenvalue weighted by molar-refractivity contribution is 5.70. The van der Waals surface area contributed by atoms with Crippen molar-refractivity contribution in [2.24, 2.45) is 17.6 Å². The minimum Gasteiger partial charge on any atom is -0.481 e. The third-order valence-corrected chi connectivity index (χ3v) is 3.84. The second-order valence-electron chi connectivity index (χ2n) is 5.41. The molecule has 19 heavy (non-hydrogen) atoms. The van der Waals surface area contributed by atoms with Gasteiger partial charge in [0.1, 0.15) is 0 Å². The van der Waals surface area contributed by atoms with Crippen LogP contribution in [0, 0.1) is 25.7 Å². The standard InChI is InChI=1S/C16H25NO2/c1-4-13(9-15(10-17)16(18)19)8-14-6-5-11(2)7-12(14)3/h5-7,13,15H,4,8-10,17H2,1-3H3,(H,18,19). The number of rotatable bonds is 7. The molecular formula is C16H25NO2. The lowest BCUT2D eigenvalue weighted by Crippen LogP contribution is -2.26. The summed E-state index contributed by atoms with van der Waals surface area (Å²) in [4.78, 5) is 11.1. The summed E-state index contributed by atoms with van der Waals surface area (Å²) in [5, 5.41) is 9.09. The fourth-order valence-corrected chi connectivity index (χ4v) is 2.48. The molecule has 0 fully saturated rings. The van der Waals surface area contributed by atoms with E-state index < -0.39 is 11.9 Å². The highest BCUT2D eigenvalue weighted by atomic mass is 16.4. The smallest absolute Gasteiger partial charge is 0.307 e. The summed E-state index contributed by atoms with van der Waals surface area (Å²) < 4.78 is 0. The van der Waals surface area contributed by atoms with Gasteiger partial charge < -0.3 is 10.8 Å². The summed E-state index contributed by atoms with van der Waals surface area (Å²) in [5.74, 6) is -0.816. The first-order chi connectivity index (χ1) is 8.97. The lowest BCUT2D eigenvalue weighted by Gasteiger charge is -2.20. The molecule has 3 heteroatoms. The van der Waals surface area contributed by atoms with Crippen molar-refractivity contribution in [3.8, 4) is 0 Å². The number of nitrogens with two attached hydrogens (primary N) is 1. The molecule has 0 spiro atoms. The van der Waals surface area contributed by atoms with Gasteiger partial charge in [0.2, 0.25) is 0 Å². The zero-order valence-electron chi connectivity index (χ0n) is 12.1. The van der Waals surface area contributed by atoms with Gasteiger partial charge in [0.25, 0.3) is 0 Å². The summed E-state index contributed by atoms with van der Waals surface area (Å²) >= 11 is 0. The largest absolute Gasteiger partial charge is 0.481 e. The maximum atomic E-state index is 11.1. The quantitative estimate of drug-likeness (QED) is 0.795. The van der Waals surface area contributed by atoms with Crippen LogP contribution in [0.15, 0.2) is 18.2 Å². The summed E-state index contributed by atoms with van der Waals surface area (Å²) in [6, 6.07) is 6.46. The molecule has 0 saturated heterocycles. The van der Waals surface area contributed by atoms with Crippen LogP contribution in [-0.4, -0.2) is 17.6 Å². The van der Waals surface area contributed by atoms with Gasteiger partial charge in [0, 0.05) is 6.54 Å². The van der Waals surface area contributed by atoms with E-state index in [0.29, 0.717) is 12.3 Å². The molecule has 106 valence electrons. The summed E-state index contributed by atoms with van der Waals surface area (Å²) in [7, 11) is 0. The highest BCUT2D eigenvalue weighted by Crippen LogP contribution is 2.23. The topological polar surface area (TPSA) is 63.3 Å². The van der Waals surface area contributed by atoms with Gasteiger partial charge >= 0.3 is 5.97 Å². The number of carboxylic acid groups (broad SMARTS) is 1. The Morgan fingerprint density at radius 1 is 1.37 bits per heavy atom. The van der Waals surface area contributed by atoms with Crippen molar-refractivity contribution in [1.82, 2.24) is 0 Å². The zero-order chi connectivity index (χ0) is 14.4. The van der Waals surface area contributed by atoms with Crippen molar-refractivity contribution in [2.45, 2.75) is 40.0 Å². The number of hydrogen-bond acceptors (Lipinski definition) is 2. The molecule has 3 nitrogen and oxygen atoms in total. The first kappa shape index (κ1) is 15.7. The van der Waals surface area contributed by atoms with Crippen molar-refractivity contribution in [3.63, 3.8) is 0 Å². The number of aryl methyl sites for hydroxylation is 2. The van der Waals surface area contributed by atoms with E-state index in [1.807, 2.05) is 0 Å². The molecule has 1 aromatic rings. The minimum atomic E-state index is -0.776. The average molecular weight is 263 g/mol. The third kappa shape index (κ3) is 4.67. The Balaban J connectivity index is 2.73. The molecule has 0 heterocycles. The van der Waals surface area contributed by atoms with Crippen LogP contribution in [0.3, 0.4) is 0 Å². The van der Waals surface area contributed by atoms with Crippen molar-refractivity contribution < 1.29 is 9.90 Å². The van der Waals surface area contributed by atoms with Crippen molar-refractivity contribution in [2.75, 3.05) is 6.54 Å². The minimum absolute atomic E-state index is 0.221. The van der Waals surface area contributed by atoms with Crippen LogP contribution in [0.2, 0.25) is 0 Å². The fraction of sp³-hybridized carbons (Fsp3) is 0.562. The molecule has 2 atom stereocenters. The van der Waals surface area contributed by atoms with Gasteiger partial charge in [-0.15, -0.1) is 0 Å². The van der Waals surface area contributed by atoms with E-state index in [1.165, 1.54) is 16.7 Å². The van der Waals surface area contributed by atoms with Crippen LogP contribution >= 0.6 is 0 Å². The van der Waals surface area contributed by atoms with Crippen LogP contribution < -0.4 is 5.73 Å². The lowest BCUT2D eigenvalue weighted by atomic mass is 9.86. The number of aliphatic carboxylic acids is 1. The Labute approximate surface area is 115 Å². The van der Waals surface area contributed by atoms with Crippen molar-refractivity contribution in [3.05, 3.63) is 34.9 Å². The van der Waals surface area contributed by atoms with Gasteiger partial charge in [0.05, 0.1) is 5.92 Å². The molecule has 0 aliphatic heterocycles. The van der Waals surface area contributed by atoms with Crippen LogP contribution in [-0.2, 0) is 11.2 Å². The molecule has 0 radical (unpaired) electrons. The Morgan fingerprint density at radius 2 is 2.05 bits per heavy atom. The van der Waals surface area contributed by atoms with Crippen molar-refractivity contribution in [1.29, 1.82) is 0 Å². The van der Waals surface area contributed by atoms with Crippen LogP contribution in [0.25, 0.3) is 0 Å². The number of carbonyl (C=O) groups is 1. The van der Waals surface area contributed by atoms with Crippen LogP contribution in [0.1, 0.15) is 36.5 Å². The molecule has 0 bridgehead atoms. The van der Waals surface area contributed by atoms with Crippen molar-refractivity contribution >= 4 is 5.97 Å². The van der Waals surface area contributed by atoms with E-state index in [1.54, 1.807) is 0 Å². The highest BCUT2D eigenvalue weighted by Gasteiger charge is 2.20. The van der Waals surface area contributed by atoms with E-state index in [-0.39, 0.29) is 6.54 Å². The maximum Gasteiger partial charge on any atom is 0.307 e.